The van der Waals surface area contributed by atoms with Crippen LogP contribution in [0.1, 0.15) is 58.9 Å². The standard InChI is InChI=1S/C19H34N2O6/c1-13(7-8-15(22)18(2,3)24)6-5-9-19(4,25)16(23)10-14-11-17(20-12-14)21(26)27/h6,11-12,15-16,20-26H,5,7-10H2,1-4H3. The zero-order valence-electron chi connectivity index (χ0n) is 16.6. The molecule has 0 bridgehead atoms. The molecule has 8 nitrogen and oxygen atoms in total. The van der Waals surface area contributed by atoms with Gasteiger partial charge in [-0.25, -0.2) is 5.21 Å². The number of hydrogen-bond acceptors (Lipinski definition) is 6. The molecule has 27 heavy (non-hydrogen) atoms. The molecule has 1 heterocycles. The fourth-order valence-electron chi connectivity index (χ4n) is 2.72. The lowest BCUT2D eigenvalue weighted by Crippen LogP contribution is -2.99. The van der Waals surface area contributed by atoms with E-state index < -0.39 is 28.6 Å². The zero-order valence-corrected chi connectivity index (χ0v) is 16.6. The maximum Gasteiger partial charge on any atom is 0.237 e. The summed E-state index contributed by atoms with van der Waals surface area (Å²) >= 11 is 0. The molecule has 0 radical (unpaired) electrons. The van der Waals surface area contributed by atoms with E-state index in [0.29, 0.717) is 31.2 Å². The van der Waals surface area contributed by atoms with Gasteiger partial charge >= 0.3 is 0 Å². The number of hydrogen-bond donors (Lipinski definition) is 7. The Morgan fingerprint density at radius 3 is 2.41 bits per heavy atom. The van der Waals surface area contributed by atoms with Crippen molar-refractivity contribution in [1.29, 1.82) is 0 Å². The highest BCUT2D eigenvalue weighted by Gasteiger charge is 2.30. The van der Waals surface area contributed by atoms with E-state index in [4.69, 9.17) is 5.21 Å². The van der Waals surface area contributed by atoms with Crippen LogP contribution in [-0.2, 0) is 6.42 Å². The van der Waals surface area contributed by atoms with Gasteiger partial charge < -0.3 is 30.6 Å². The maximum atomic E-state index is 10.9. The van der Waals surface area contributed by atoms with E-state index >= 15 is 0 Å². The highest BCUT2D eigenvalue weighted by Crippen LogP contribution is 2.23. The van der Waals surface area contributed by atoms with Crippen LogP contribution in [0.15, 0.2) is 23.9 Å². The van der Waals surface area contributed by atoms with Gasteiger partial charge in [-0.3, -0.25) is 0 Å². The van der Waals surface area contributed by atoms with Crippen LogP contribution in [0.3, 0.4) is 0 Å². The molecule has 4 unspecified atom stereocenters. The summed E-state index contributed by atoms with van der Waals surface area (Å²) in [6.07, 6.45) is 3.78. The van der Waals surface area contributed by atoms with E-state index in [0.717, 1.165) is 5.57 Å². The predicted molar refractivity (Wildman–Crippen MR) is 101 cm³/mol. The van der Waals surface area contributed by atoms with Gasteiger partial charge in [0.25, 0.3) is 0 Å². The molecule has 0 aliphatic rings. The summed E-state index contributed by atoms with van der Waals surface area (Å²) in [7, 11) is 0. The summed E-state index contributed by atoms with van der Waals surface area (Å²) in [4.78, 5) is 2.61. The Labute approximate surface area is 160 Å². The Morgan fingerprint density at radius 2 is 1.89 bits per heavy atom. The second-order valence-corrected chi connectivity index (χ2v) is 8.10. The molecular weight excluding hydrogens is 352 g/mol. The Balaban J connectivity index is 2.48. The number of quaternary nitrogens is 1. The van der Waals surface area contributed by atoms with Crippen molar-refractivity contribution in [3.63, 3.8) is 0 Å². The second kappa shape index (κ2) is 9.79. The van der Waals surface area contributed by atoms with Crippen molar-refractivity contribution in [3.8, 4) is 0 Å². The van der Waals surface area contributed by atoms with Crippen molar-refractivity contribution in [2.75, 3.05) is 0 Å². The molecule has 156 valence electrons. The van der Waals surface area contributed by atoms with Crippen LogP contribution in [-0.4, -0.2) is 54.0 Å². The van der Waals surface area contributed by atoms with Gasteiger partial charge in [0, 0.05) is 18.7 Å². The van der Waals surface area contributed by atoms with Gasteiger partial charge in [0.2, 0.25) is 5.82 Å². The Morgan fingerprint density at radius 1 is 1.26 bits per heavy atom. The van der Waals surface area contributed by atoms with Crippen LogP contribution < -0.4 is 5.23 Å². The molecule has 1 aromatic heterocycles. The molecular formula is C19H34N2O6. The van der Waals surface area contributed by atoms with Crippen molar-refractivity contribution < 1.29 is 30.9 Å². The Bertz CT molecular complexity index is 604. The first-order valence-corrected chi connectivity index (χ1v) is 9.20. The van der Waals surface area contributed by atoms with Crippen molar-refractivity contribution >= 4 is 5.82 Å². The summed E-state index contributed by atoms with van der Waals surface area (Å²) in [5, 5.41) is 59.1. The summed E-state index contributed by atoms with van der Waals surface area (Å²) in [6.45, 7) is 6.62. The van der Waals surface area contributed by atoms with Crippen molar-refractivity contribution in [3.05, 3.63) is 34.7 Å². The number of aliphatic hydroxyl groups is 4. The summed E-state index contributed by atoms with van der Waals surface area (Å²) in [6, 6.07) is 1.44. The van der Waals surface area contributed by atoms with Crippen LogP contribution in [0, 0.1) is 5.21 Å². The van der Waals surface area contributed by atoms with Gasteiger partial charge in [-0.15, -0.1) is 0 Å². The molecule has 0 aromatic carbocycles. The van der Waals surface area contributed by atoms with E-state index in [1.165, 1.54) is 12.3 Å². The van der Waals surface area contributed by atoms with Gasteiger partial charge in [-0.05, 0) is 58.9 Å². The normalized spacial score (nSPS) is 18.8. The lowest BCUT2D eigenvalue weighted by molar-refractivity contribution is -0.993. The quantitative estimate of drug-likeness (QED) is 0.220. The molecule has 0 aliphatic heterocycles. The predicted octanol–water partition coefficient (Wildman–Crippen LogP) is 0.711. The van der Waals surface area contributed by atoms with E-state index in [2.05, 4.69) is 4.98 Å². The SMILES string of the molecule is CC(=CCCC(C)(O)C(O)Cc1c[nH]c([NH+]([O-])O)c1)CCC(O)C(C)(C)O. The van der Waals surface area contributed by atoms with Crippen LogP contribution in [0.2, 0.25) is 0 Å². The lowest BCUT2D eigenvalue weighted by atomic mass is 9.89. The first-order valence-electron chi connectivity index (χ1n) is 9.20. The van der Waals surface area contributed by atoms with E-state index in [1.807, 2.05) is 13.0 Å². The molecule has 1 aromatic rings. The van der Waals surface area contributed by atoms with Crippen LogP contribution in [0.4, 0.5) is 5.82 Å². The number of nitrogens with one attached hydrogen (secondary N) is 2. The lowest BCUT2D eigenvalue weighted by Gasteiger charge is -2.28. The molecule has 0 aliphatic carbocycles. The molecule has 0 saturated heterocycles. The Kier molecular flexibility index (Phi) is 8.62. The van der Waals surface area contributed by atoms with E-state index in [-0.39, 0.29) is 12.2 Å². The van der Waals surface area contributed by atoms with Crippen molar-refractivity contribution in [2.24, 2.45) is 0 Å². The van der Waals surface area contributed by atoms with Gasteiger partial charge in [-0.1, -0.05) is 11.6 Å². The third kappa shape index (κ3) is 8.10. The molecule has 0 fully saturated rings. The van der Waals surface area contributed by atoms with Gasteiger partial charge in [0.15, 0.2) is 0 Å². The fourth-order valence-corrected chi connectivity index (χ4v) is 2.72. The highest BCUT2D eigenvalue weighted by atomic mass is 16.8. The fraction of sp³-hybridized carbons (Fsp3) is 0.684. The maximum absolute atomic E-state index is 10.9. The van der Waals surface area contributed by atoms with Crippen LogP contribution >= 0.6 is 0 Å². The number of aliphatic hydroxyl groups excluding tert-OH is 2. The summed E-state index contributed by atoms with van der Waals surface area (Å²) in [5.74, 6) is 0.0450. The highest BCUT2D eigenvalue weighted by molar-refractivity contribution is 5.27. The number of allylic oxidation sites excluding steroid dienone is 2. The number of rotatable bonds is 11. The van der Waals surface area contributed by atoms with Gasteiger partial charge in [0.05, 0.1) is 23.4 Å². The number of aromatic amines is 1. The zero-order chi connectivity index (χ0) is 20.8. The third-order valence-corrected chi connectivity index (χ3v) is 4.89. The minimum absolute atomic E-state index is 0.0450. The second-order valence-electron chi connectivity index (χ2n) is 8.10. The molecule has 7 N–H and O–H groups in total. The molecule has 0 spiro atoms. The molecule has 0 amide bonds. The molecule has 1 rings (SSSR count). The van der Waals surface area contributed by atoms with E-state index in [1.54, 1.807) is 20.8 Å². The van der Waals surface area contributed by atoms with Crippen LogP contribution in [0.5, 0.6) is 0 Å². The number of aromatic nitrogens is 1. The first kappa shape index (κ1) is 23.8. The minimum atomic E-state index is -1.32. The molecule has 4 atom stereocenters. The van der Waals surface area contributed by atoms with Gasteiger partial charge in [0.1, 0.15) is 0 Å². The first-order chi connectivity index (χ1) is 12.3. The average Bonchev–Trinajstić information content (AvgIpc) is 3.00. The average molecular weight is 386 g/mol. The molecule has 8 heteroatoms. The van der Waals surface area contributed by atoms with Crippen molar-refractivity contribution in [2.45, 2.75) is 83.2 Å². The van der Waals surface area contributed by atoms with E-state index in [9.17, 15) is 25.6 Å². The summed E-state index contributed by atoms with van der Waals surface area (Å²) < 4.78 is 0. The molecule has 0 saturated carbocycles. The van der Waals surface area contributed by atoms with Crippen LogP contribution in [0.25, 0.3) is 0 Å². The topological polar surface area (TPSA) is 144 Å². The number of H-pyrrole nitrogens is 1. The Hall–Kier alpha value is -1.26. The minimum Gasteiger partial charge on any atom is -0.594 e. The third-order valence-electron chi connectivity index (χ3n) is 4.89. The van der Waals surface area contributed by atoms with Gasteiger partial charge in [-0.2, -0.15) is 5.23 Å². The smallest absolute Gasteiger partial charge is 0.237 e. The summed E-state index contributed by atoms with van der Waals surface area (Å²) in [5.41, 5.74) is -0.788. The van der Waals surface area contributed by atoms with Crippen molar-refractivity contribution in [1.82, 2.24) is 4.98 Å². The monoisotopic (exact) mass is 386 g/mol. The largest absolute Gasteiger partial charge is 0.594 e.